The van der Waals surface area contributed by atoms with E-state index < -0.39 is 11.7 Å². The van der Waals surface area contributed by atoms with Crippen molar-refractivity contribution in [2.24, 2.45) is 10.2 Å². The summed E-state index contributed by atoms with van der Waals surface area (Å²) in [6.07, 6.45) is 0. The number of H-pyrrole nitrogens is 1. The van der Waals surface area contributed by atoms with Crippen LogP contribution in [0, 0.1) is 5.82 Å². The second kappa shape index (κ2) is 5.16. The number of carbonyl (C=O) groups excluding carboxylic acids is 1. The Balaban J connectivity index is 1.96. The van der Waals surface area contributed by atoms with E-state index >= 15 is 0 Å². The number of hydrogen-bond donors (Lipinski definition) is 2. The van der Waals surface area contributed by atoms with Crippen LogP contribution < -0.4 is 0 Å². The van der Waals surface area contributed by atoms with Gasteiger partial charge in [0.15, 0.2) is 5.69 Å². The molecular weight excluding hydrogens is 273 g/mol. The van der Waals surface area contributed by atoms with Gasteiger partial charge in [-0.2, -0.15) is 0 Å². The van der Waals surface area contributed by atoms with Gasteiger partial charge in [0.05, 0.1) is 5.52 Å². The van der Waals surface area contributed by atoms with Crippen LogP contribution in [-0.4, -0.2) is 16.0 Å². The standard InChI is InChI=1S/C15H10FN3O2/c16-10-6-7-11-12(8-10)17-15(21)13(11)18-19-14(20)9-4-2-1-3-5-9/h1-8,17,21H. The maximum absolute atomic E-state index is 13.1. The van der Waals surface area contributed by atoms with Gasteiger partial charge in [-0.15, -0.1) is 10.2 Å². The summed E-state index contributed by atoms with van der Waals surface area (Å²) in [6, 6.07) is 12.4. The molecule has 3 aromatic rings. The van der Waals surface area contributed by atoms with Crippen molar-refractivity contribution < 1.29 is 14.3 Å². The molecule has 1 heterocycles. The number of aromatic hydroxyl groups is 1. The Morgan fingerprint density at radius 1 is 1.14 bits per heavy atom. The fourth-order valence-corrected chi connectivity index (χ4v) is 1.98. The lowest BCUT2D eigenvalue weighted by Crippen LogP contribution is -1.91. The van der Waals surface area contributed by atoms with Crippen LogP contribution in [0.4, 0.5) is 10.1 Å². The Hall–Kier alpha value is -3.02. The first kappa shape index (κ1) is 13.0. The number of rotatable bonds is 2. The van der Waals surface area contributed by atoms with Crippen molar-refractivity contribution in [1.82, 2.24) is 4.98 Å². The summed E-state index contributed by atoms with van der Waals surface area (Å²) in [7, 11) is 0. The molecule has 2 aromatic carbocycles. The highest BCUT2D eigenvalue weighted by atomic mass is 19.1. The Kier molecular flexibility index (Phi) is 3.19. The summed E-state index contributed by atoms with van der Waals surface area (Å²) >= 11 is 0. The molecular formula is C15H10FN3O2. The van der Waals surface area contributed by atoms with Crippen molar-refractivity contribution in [2.45, 2.75) is 0 Å². The van der Waals surface area contributed by atoms with Crippen LogP contribution in [0.5, 0.6) is 5.88 Å². The second-order valence-electron chi connectivity index (χ2n) is 4.38. The van der Waals surface area contributed by atoms with Crippen molar-refractivity contribution in [3.8, 4) is 5.88 Å². The summed E-state index contributed by atoms with van der Waals surface area (Å²) in [6.45, 7) is 0. The number of carbonyl (C=O) groups is 1. The molecule has 104 valence electrons. The molecule has 0 aliphatic rings. The lowest BCUT2D eigenvalue weighted by atomic mass is 10.2. The predicted octanol–water partition coefficient (Wildman–Crippen LogP) is 3.94. The number of azo groups is 1. The highest BCUT2D eigenvalue weighted by Gasteiger charge is 2.12. The van der Waals surface area contributed by atoms with Gasteiger partial charge in [0.1, 0.15) is 5.82 Å². The molecule has 0 spiro atoms. The van der Waals surface area contributed by atoms with Gasteiger partial charge in [0.25, 0.3) is 5.91 Å². The Labute approximate surface area is 118 Å². The van der Waals surface area contributed by atoms with E-state index in [1.54, 1.807) is 30.3 Å². The molecule has 3 rings (SSSR count). The topological polar surface area (TPSA) is 77.8 Å². The molecule has 0 aliphatic heterocycles. The second-order valence-corrected chi connectivity index (χ2v) is 4.38. The number of fused-ring (bicyclic) bond motifs is 1. The molecule has 0 bridgehead atoms. The molecule has 0 saturated carbocycles. The molecule has 0 fully saturated rings. The zero-order chi connectivity index (χ0) is 14.8. The number of halogens is 1. The highest BCUT2D eigenvalue weighted by Crippen LogP contribution is 2.35. The maximum Gasteiger partial charge on any atom is 0.295 e. The first-order valence-electron chi connectivity index (χ1n) is 6.16. The minimum Gasteiger partial charge on any atom is -0.493 e. The monoisotopic (exact) mass is 283 g/mol. The van der Waals surface area contributed by atoms with E-state index in [0.29, 0.717) is 16.5 Å². The van der Waals surface area contributed by atoms with Crippen LogP contribution >= 0.6 is 0 Å². The van der Waals surface area contributed by atoms with E-state index in [2.05, 4.69) is 15.2 Å². The van der Waals surface area contributed by atoms with E-state index in [1.165, 1.54) is 18.2 Å². The van der Waals surface area contributed by atoms with Crippen LogP contribution in [0.15, 0.2) is 58.8 Å². The van der Waals surface area contributed by atoms with Crippen molar-refractivity contribution in [1.29, 1.82) is 0 Å². The van der Waals surface area contributed by atoms with Gasteiger partial charge in [-0.3, -0.25) is 4.79 Å². The van der Waals surface area contributed by atoms with Gasteiger partial charge in [0, 0.05) is 10.9 Å². The zero-order valence-electron chi connectivity index (χ0n) is 10.7. The smallest absolute Gasteiger partial charge is 0.295 e. The normalized spacial score (nSPS) is 11.3. The molecule has 0 aliphatic carbocycles. The Morgan fingerprint density at radius 2 is 1.90 bits per heavy atom. The van der Waals surface area contributed by atoms with Crippen LogP contribution in [0.3, 0.4) is 0 Å². The number of hydrogen-bond acceptors (Lipinski definition) is 3. The van der Waals surface area contributed by atoms with E-state index in [0.717, 1.165) is 0 Å². The molecule has 0 unspecified atom stereocenters. The summed E-state index contributed by atoms with van der Waals surface area (Å²) in [4.78, 5) is 14.4. The van der Waals surface area contributed by atoms with Crippen LogP contribution in [-0.2, 0) is 0 Å². The van der Waals surface area contributed by atoms with Gasteiger partial charge in [-0.1, -0.05) is 18.2 Å². The minimum absolute atomic E-state index is 0.106. The number of nitrogens with one attached hydrogen (secondary N) is 1. The van der Waals surface area contributed by atoms with Gasteiger partial charge in [-0.25, -0.2) is 4.39 Å². The fourth-order valence-electron chi connectivity index (χ4n) is 1.98. The molecule has 0 atom stereocenters. The first-order chi connectivity index (χ1) is 10.1. The molecule has 0 radical (unpaired) electrons. The SMILES string of the molecule is O=C(N=Nc1c(O)[nH]c2cc(F)ccc12)c1ccccc1. The van der Waals surface area contributed by atoms with Gasteiger partial charge in [0.2, 0.25) is 5.88 Å². The summed E-state index contributed by atoms with van der Waals surface area (Å²) in [5.41, 5.74) is 0.884. The van der Waals surface area contributed by atoms with Crippen LogP contribution in [0.1, 0.15) is 10.4 Å². The van der Waals surface area contributed by atoms with E-state index in [4.69, 9.17) is 0 Å². The average molecular weight is 283 g/mol. The third-order valence-electron chi connectivity index (χ3n) is 2.98. The quantitative estimate of drug-likeness (QED) is 0.699. The average Bonchev–Trinajstić information content (AvgIpc) is 2.80. The molecule has 0 saturated heterocycles. The third-order valence-corrected chi connectivity index (χ3v) is 2.98. The fraction of sp³-hybridized carbons (Fsp3) is 0. The largest absolute Gasteiger partial charge is 0.493 e. The number of amides is 1. The summed E-state index contributed by atoms with van der Waals surface area (Å²) < 4.78 is 13.1. The number of aromatic amines is 1. The molecule has 6 heteroatoms. The van der Waals surface area contributed by atoms with E-state index in [9.17, 15) is 14.3 Å². The maximum atomic E-state index is 13.1. The molecule has 2 N–H and O–H groups in total. The number of aromatic nitrogens is 1. The van der Waals surface area contributed by atoms with Gasteiger partial charge < -0.3 is 10.1 Å². The Morgan fingerprint density at radius 3 is 2.67 bits per heavy atom. The third kappa shape index (κ3) is 2.51. The van der Waals surface area contributed by atoms with Crippen molar-refractivity contribution >= 4 is 22.5 Å². The lowest BCUT2D eigenvalue weighted by Gasteiger charge is -1.93. The lowest BCUT2D eigenvalue weighted by molar-refractivity contribution is 0.0995. The predicted molar refractivity (Wildman–Crippen MR) is 75.2 cm³/mol. The minimum atomic E-state index is -0.522. The number of benzene rings is 2. The highest BCUT2D eigenvalue weighted by molar-refractivity contribution is 5.96. The molecule has 1 aromatic heterocycles. The Bertz CT molecular complexity index is 841. The van der Waals surface area contributed by atoms with E-state index in [1.807, 2.05) is 0 Å². The van der Waals surface area contributed by atoms with Crippen molar-refractivity contribution in [3.05, 3.63) is 59.9 Å². The van der Waals surface area contributed by atoms with Gasteiger partial charge in [-0.05, 0) is 30.3 Å². The summed E-state index contributed by atoms with van der Waals surface area (Å²) in [5, 5.41) is 17.6. The van der Waals surface area contributed by atoms with Crippen molar-refractivity contribution in [3.63, 3.8) is 0 Å². The molecule has 5 nitrogen and oxygen atoms in total. The van der Waals surface area contributed by atoms with Crippen LogP contribution in [0.2, 0.25) is 0 Å². The molecule has 21 heavy (non-hydrogen) atoms. The molecule has 1 amide bonds. The summed E-state index contributed by atoms with van der Waals surface area (Å²) in [5.74, 6) is -1.22. The number of nitrogens with zero attached hydrogens (tertiary/aromatic N) is 2. The zero-order valence-corrected chi connectivity index (χ0v) is 10.7. The van der Waals surface area contributed by atoms with E-state index in [-0.39, 0.29) is 11.6 Å². The van der Waals surface area contributed by atoms with Crippen LogP contribution in [0.25, 0.3) is 10.9 Å². The van der Waals surface area contributed by atoms with Crippen molar-refractivity contribution in [2.75, 3.05) is 0 Å². The first-order valence-corrected chi connectivity index (χ1v) is 6.16. The van der Waals surface area contributed by atoms with Gasteiger partial charge >= 0.3 is 0 Å².